The number of ether oxygens (including phenoxy) is 3. The van der Waals surface area contributed by atoms with E-state index >= 15 is 0 Å². The van der Waals surface area contributed by atoms with E-state index in [0.717, 1.165) is 18.4 Å². The summed E-state index contributed by atoms with van der Waals surface area (Å²) in [6.07, 6.45) is 2.44. The van der Waals surface area contributed by atoms with E-state index in [1.54, 1.807) is 6.92 Å². The Labute approximate surface area is 125 Å². The van der Waals surface area contributed by atoms with Gasteiger partial charge < -0.3 is 14.2 Å². The quantitative estimate of drug-likeness (QED) is 0.354. The second-order valence-corrected chi connectivity index (χ2v) is 4.50. The molecular weight excluding hydrogens is 272 g/mol. The molecule has 0 aromatic heterocycles. The van der Waals surface area contributed by atoms with Gasteiger partial charge in [-0.25, -0.2) is 4.79 Å². The van der Waals surface area contributed by atoms with Crippen LogP contribution >= 0.6 is 0 Å². The standard InChI is InChI=1S/C16H22O5/c1-2-21-16(18)12-19-9-4-7-14-5-3-6-15(11-14)8-10-20-13-17/h3,5-6,11,13H,2,4,7-10,12H2,1H3. The molecule has 5 nitrogen and oxygen atoms in total. The van der Waals surface area contributed by atoms with Crippen LogP contribution in [0.1, 0.15) is 24.5 Å². The molecule has 0 atom stereocenters. The maximum Gasteiger partial charge on any atom is 0.332 e. The summed E-state index contributed by atoms with van der Waals surface area (Å²) in [7, 11) is 0. The van der Waals surface area contributed by atoms with Crippen molar-refractivity contribution in [2.75, 3.05) is 26.4 Å². The summed E-state index contributed by atoms with van der Waals surface area (Å²) in [5.41, 5.74) is 2.35. The fourth-order valence-electron chi connectivity index (χ4n) is 1.90. The third-order valence-corrected chi connectivity index (χ3v) is 2.85. The summed E-state index contributed by atoms with van der Waals surface area (Å²) in [6.45, 7) is 3.54. The Morgan fingerprint density at radius 3 is 2.67 bits per heavy atom. The average molecular weight is 294 g/mol. The number of hydrogen-bond donors (Lipinski definition) is 0. The first-order valence-electron chi connectivity index (χ1n) is 7.12. The Balaban J connectivity index is 2.21. The first kappa shape index (κ1) is 17.2. The van der Waals surface area contributed by atoms with Crippen LogP contribution < -0.4 is 0 Å². The first-order valence-corrected chi connectivity index (χ1v) is 7.12. The van der Waals surface area contributed by atoms with Crippen molar-refractivity contribution < 1.29 is 23.8 Å². The Morgan fingerprint density at radius 2 is 1.95 bits per heavy atom. The van der Waals surface area contributed by atoms with E-state index in [2.05, 4.69) is 16.9 Å². The van der Waals surface area contributed by atoms with Gasteiger partial charge in [0.2, 0.25) is 0 Å². The molecule has 0 saturated heterocycles. The minimum absolute atomic E-state index is 0.0108. The van der Waals surface area contributed by atoms with Crippen LogP contribution in [-0.4, -0.2) is 38.9 Å². The zero-order valence-electron chi connectivity index (χ0n) is 12.4. The predicted molar refractivity (Wildman–Crippen MR) is 77.9 cm³/mol. The second kappa shape index (κ2) is 10.9. The molecule has 0 aliphatic heterocycles. The molecule has 1 aromatic rings. The van der Waals surface area contributed by atoms with E-state index in [-0.39, 0.29) is 12.6 Å². The van der Waals surface area contributed by atoms with Crippen LogP contribution in [0.4, 0.5) is 0 Å². The van der Waals surface area contributed by atoms with E-state index in [0.29, 0.717) is 32.7 Å². The van der Waals surface area contributed by atoms with Crippen LogP contribution in [0, 0.1) is 0 Å². The highest BCUT2D eigenvalue weighted by atomic mass is 16.6. The number of rotatable bonds is 11. The second-order valence-electron chi connectivity index (χ2n) is 4.50. The molecule has 0 radical (unpaired) electrons. The predicted octanol–water partition coefficient (Wildman–Crippen LogP) is 1.91. The molecule has 1 aromatic carbocycles. The minimum atomic E-state index is -0.324. The lowest BCUT2D eigenvalue weighted by Crippen LogP contribution is -2.13. The van der Waals surface area contributed by atoms with Gasteiger partial charge in [-0.1, -0.05) is 24.3 Å². The molecule has 0 fully saturated rings. The highest BCUT2D eigenvalue weighted by Crippen LogP contribution is 2.08. The smallest absolute Gasteiger partial charge is 0.332 e. The molecule has 0 aliphatic rings. The summed E-state index contributed by atoms with van der Waals surface area (Å²) >= 11 is 0. The van der Waals surface area contributed by atoms with Crippen LogP contribution in [0.25, 0.3) is 0 Å². The van der Waals surface area contributed by atoms with Gasteiger partial charge in [-0.15, -0.1) is 0 Å². The van der Waals surface area contributed by atoms with Gasteiger partial charge in [0.1, 0.15) is 6.61 Å². The maximum atomic E-state index is 11.1. The Morgan fingerprint density at radius 1 is 1.19 bits per heavy atom. The van der Waals surface area contributed by atoms with Crippen LogP contribution in [-0.2, 0) is 36.6 Å². The van der Waals surface area contributed by atoms with Crippen LogP contribution in [0.3, 0.4) is 0 Å². The van der Waals surface area contributed by atoms with Crippen LogP contribution in [0.15, 0.2) is 24.3 Å². The van der Waals surface area contributed by atoms with Crippen molar-refractivity contribution in [2.45, 2.75) is 26.2 Å². The topological polar surface area (TPSA) is 61.8 Å². The van der Waals surface area contributed by atoms with Crippen LogP contribution in [0.5, 0.6) is 0 Å². The summed E-state index contributed by atoms with van der Waals surface area (Å²) in [6, 6.07) is 8.15. The lowest BCUT2D eigenvalue weighted by molar-refractivity contribution is -0.148. The molecule has 0 N–H and O–H groups in total. The molecule has 0 aliphatic carbocycles. The Kier molecular flexibility index (Phi) is 8.88. The van der Waals surface area contributed by atoms with Gasteiger partial charge >= 0.3 is 5.97 Å². The number of aryl methyl sites for hydroxylation is 1. The zero-order chi connectivity index (χ0) is 15.3. The summed E-state index contributed by atoms with van der Waals surface area (Å²) in [5, 5.41) is 0. The molecule has 0 heterocycles. The number of carbonyl (C=O) groups excluding carboxylic acids is 2. The van der Waals surface area contributed by atoms with Crippen molar-refractivity contribution in [3.05, 3.63) is 35.4 Å². The summed E-state index contributed by atoms with van der Waals surface area (Å²) < 4.78 is 14.7. The van der Waals surface area contributed by atoms with Crippen molar-refractivity contribution >= 4 is 12.4 Å². The lowest BCUT2D eigenvalue weighted by Gasteiger charge is -2.06. The van der Waals surface area contributed by atoms with Crippen LogP contribution in [0.2, 0.25) is 0 Å². The van der Waals surface area contributed by atoms with Crippen molar-refractivity contribution in [3.8, 4) is 0 Å². The molecule has 21 heavy (non-hydrogen) atoms. The number of carbonyl (C=O) groups is 2. The van der Waals surface area contributed by atoms with E-state index < -0.39 is 0 Å². The largest absolute Gasteiger partial charge is 0.468 e. The monoisotopic (exact) mass is 294 g/mol. The van der Waals surface area contributed by atoms with E-state index in [1.807, 2.05) is 12.1 Å². The summed E-state index contributed by atoms with van der Waals surface area (Å²) in [4.78, 5) is 21.1. The third-order valence-electron chi connectivity index (χ3n) is 2.85. The fraction of sp³-hybridized carbons (Fsp3) is 0.500. The first-order chi connectivity index (χ1) is 10.3. The maximum absolute atomic E-state index is 11.1. The fourth-order valence-corrected chi connectivity index (χ4v) is 1.90. The molecule has 0 saturated carbocycles. The number of esters is 1. The number of benzene rings is 1. The molecular formula is C16H22O5. The van der Waals surface area contributed by atoms with Crippen molar-refractivity contribution in [1.82, 2.24) is 0 Å². The van der Waals surface area contributed by atoms with E-state index in [4.69, 9.17) is 9.47 Å². The molecule has 116 valence electrons. The van der Waals surface area contributed by atoms with Crippen molar-refractivity contribution in [2.24, 2.45) is 0 Å². The molecule has 0 spiro atoms. The van der Waals surface area contributed by atoms with Gasteiger partial charge in [0.05, 0.1) is 13.2 Å². The molecule has 0 bridgehead atoms. The lowest BCUT2D eigenvalue weighted by atomic mass is 10.1. The SMILES string of the molecule is CCOC(=O)COCCCc1cccc(CCOC=O)c1. The number of hydrogen-bond acceptors (Lipinski definition) is 5. The van der Waals surface area contributed by atoms with Gasteiger partial charge in [0, 0.05) is 13.0 Å². The van der Waals surface area contributed by atoms with E-state index in [1.165, 1.54) is 5.56 Å². The molecule has 0 amide bonds. The van der Waals surface area contributed by atoms with E-state index in [9.17, 15) is 9.59 Å². The molecule has 1 rings (SSSR count). The Bertz CT molecular complexity index is 430. The minimum Gasteiger partial charge on any atom is -0.468 e. The normalized spacial score (nSPS) is 10.1. The van der Waals surface area contributed by atoms with Gasteiger partial charge in [0.25, 0.3) is 6.47 Å². The molecule has 0 unspecified atom stereocenters. The van der Waals surface area contributed by atoms with Gasteiger partial charge in [0.15, 0.2) is 0 Å². The highest BCUT2D eigenvalue weighted by molar-refractivity contribution is 5.70. The van der Waals surface area contributed by atoms with Gasteiger partial charge in [-0.2, -0.15) is 0 Å². The summed E-state index contributed by atoms with van der Waals surface area (Å²) in [5.74, 6) is -0.324. The van der Waals surface area contributed by atoms with Crippen molar-refractivity contribution in [1.29, 1.82) is 0 Å². The highest BCUT2D eigenvalue weighted by Gasteiger charge is 2.01. The van der Waals surface area contributed by atoms with Gasteiger partial charge in [-0.05, 0) is 30.9 Å². The third kappa shape index (κ3) is 8.09. The Hall–Kier alpha value is -1.88. The average Bonchev–Trinajstić information content (AvgIpc) is 2.48. The van der Waals surface area contributed by atoms with Crippen molar-refractivity contribution in [3.63, 3.8) is 0 Å². The zero-order valence-corrected chi connectivity index (χ0v) is 12.4. The molecule has 5 heteroatoms. The van der Waals surface area contributed by atoms with Gasteiger partial charge in [-0.3, -0.25) is 4.79 Å².